The third kappa shape index (κ3) is 3.19. The molecule has 2 heteroatoms. The van der Waals surface area contributed by atoms with Gasteiger partial charge in [-0.2, -0.15) is 0 Å². The van der Waals surface area contributed by atoms with E-state index in [2.05, 4.69) is 0 Å². The van der Waals surface area contributed by atoms with Gasteiger partial charge in [0, 0.05) is 12.3 Å². The van der Waals surface area contributed by atoms with Crippen molar-refractivity contribution in [1.29, 1.82) is 5.41 Å². The van der Waals surface area contributed by atoms with Crippen LogP contribution in [0.3, 0.4) is 0 Å². The Morgan fingerprint density at radius 1 is 1.86 bits per heavy atom. The fourth-order valence-electron chi connectivity index (χ4n) is 0.269. The fourth-order valence-corrected chi connectivity index (χ4v) is 0.269. The summed E-state index contributed by atoms with van der Waals surface area (Å²) in [7, 11) is 0. The van der Waals surface area contributed by atoms with Gasteiger partial charge in [0.1, 0.15) is 0 Å². The number of hydrogen-bond acceptors (Lipinski definition) is 2. The average molecular weight is 98.1 g/mol. The zero-order valence-electron chi connectivity index (χ0n) is 4.44. The maximum atomic E-state index is 6.93. The van der Waals surface area contributed by atoms with E-state index in [0.717, 1.165) is 0 Å². The van der Waals surface area contributed by atoms with Crippen LogP contribution in [0.5, 0.6) is 0 Å². The first-order chi connectivity index (χ1) is 3.31. The van der Waals surface area contributed by atoms with E-state index in [1.54, 1.807) is 12.2 Å². The zero-order chi connectivity index (χ0) is 5.70. The standard InChI is InChI=1S/C5H10N2/c1-2-3-5(7)4-6/h2-3,7H,4,6H2,1H3/b3-2-,7-5?. The predicted octanol–water partition coefficient (Wildman–Crippen LogP) is 0.541. The van der Waals surface area contributed by atoms with Gasteiger partial charge in [0.2, 0.25) is 0 Å². The Bertz CT molecular complexity index is 84.1. The first kappa shape index (κ1) is 6.37. The molecule has 0 amide bonds. The summed E-state index contributed by atoms with van der Waals surface area (Å²) in [6.45, 7) is 2.20. The van der Waals surface area contributed by atoms with Gasteiger partial charge in [-0.1, -0.05) is 6.08 Å². The van der Waals surface area contributed by atoms with E-state index in [0.29, 0.717) is 12.3 Å². The van der Waals surface area contributed by atoms with E-state index in [-0.39, 0.29) is 0 Å². The van der Waals surface area contributed by atoms with E-state index >= 15 is 0 Å². The SMILES string of the molecule is C/C=C\C(=N)CN. The Hall–Kier alpha value is -0.630. The lowest BCUT2D eigenvalue weighted by Crippen LogP contribution is -2.08. The molecule has 0 aliphatic rings. The average Bonchev–Trinajstić information content (AvgIpc) is 1.68. The summed E-state index contributed by atoms with van der Waals surface area (Å²) in [6.07, 6.45) is 3.48. The molecule has 7 heavy (non-hydrogen) atoms. The summed E-state index contributed by atoms with van der Waals surface area (Å²) in [5.41, 5.74) is 5.56. The number of hydrogen-bond donors (Lipinski definition) is 2. The molecular weight excluding hydrogens is 88.1 g/mol. The monoisotopic (exact) mass is 98.1 g/mol. The highest BCUT2D eigenvalue weighted by Crippen LogP contribution is 1.70. The van der Waals surface area contributed by atoms with Crippen LogP contribution in [0.2, 0.25) is 0 Å². The Balaban J connectivity index is 3.37. The molecule has 0 heterocycles. The predicted molar refractivity (Wildman–Crippen MR) is 31.6 cm³/mol. The molecule has 0 aromatic heterocycles. The van der Waals surface area contributed by atoms with Crippen molar-refractivity contribution in [2.75, 3.05) is 6.54 Å². The number of nitrogens with one attached hydrogen (secondary N) is 1. The Labute approximate surface area is 43.5 Å². The van der Waals surface area contributed by atoms with Gasteiger partial charge in [-0.15, -0.1) is 0 Å². The highest BCUT2D eigenvalue weighted by atomic mass is 14.6. The summed E-state index contributed by atoms with van der Waals surface area (Å²) in [5, 5.41) is 6.93. The van der Waals surface area contributed by atoms with Crippen molar-refractivity contribution in [2.24, 2.45) is 5.73 Å². The van der Waals surface area contributed by atoms with Gasteiger partial charge in [0.05, 0.1) is 0 Å². The van der Waals surface area contributed by atoms with Crippen LogP contribution in [-0.4, -0.2) is 12.3 Å². The van der Waals surface area contributed by atoms with Crippen LogP contribution in [0.1, 0.15) is 6.92 Å². The second-order valence-corrected chi connectivity index (χ2v) is 1.23. The highest BCUT2D eigenvalue weighted by molar-refractivity contribution is 5.93. The molecule has 0 fully saturated rings. The molecule has 0 aromatic rings. The quantitative estimate of drug-likeness (QED) is 0.486. The lowest BCUT2D eigenvalue weighted by Gasteiger charge is -1.84. The molecule has 2 nitrogen and oxygen atoms in total. The number of nitrogens with two attached hydrogens (primary N) is 1. The van der Waals surface area contributed by atoms with E-state index in [9.17, 15) is 0 Å². The molecule has 0 saturated carbocycles. The minimum Gasteiger partial charge on any atom is -0.325 e. The highest BCUT2D eigenvalue weighted by Gasteiger charge is 1.78. The van der Waals surface area contributed by atoms with Crippen LogP contribution < -0.4 is 5.73 Å². The lowest BCUT2D eigenvalue weighted by molar-refractivity contribution is 1.28. The first-order valence-electron chi connectivity index (χ1n) is 2.21. The molecule has 0 saturated heterocycles. The van der Waals surface area contributed by atoms with Crippen molar-refractivity contribution >= 4 is 5.71 Å². The number of allylic oxidation sites excluding steroid dienone is 1. The van der Waals surface area contributed by atoms with Crippen molar-refractivity contribution in [3.05, 3.63) is 12.2 Å². The minimum atomic E-state index is 0.338. The van der Waals surface area contributed by atoms with Gasteiger partial charge in [-0.05, 0) is 13.0 Å². The summed E-state index contributed by atoms with van der Waals surface area (Å²) in [5.74, 6) is 0. The van der Waals surface area contributed by atoms with Gasteiger partial charge in [-0.25, -0.2) is 0 Å². The molecule has 0 aliphatic heterocycles. The molecular formula is C5H10N2. The fraction of sp³-hybridized carbons (Fsp3) is 0.400. The Morgan fingerprint density at radius 3 is 2.57 bits per heavy atom. The van der Waals surface area contributed by atoms with Crippen molar-refractivity contribution < 1.29 is 0 Å². The molecule has 3 N–H and O–H groups in total. The van der Waals surface area contributed by atoms with E-state index in [1.165, 1.54) is 0 Å². The van der Waals surface area contributed by atoms with Gasteiger partial charge >= 0.3 is 0 Å². The summed E-state index contributed by atoms with van der Waals surface area (Å²) in [6, 6.07) is 0. The van der Waals surface area contributed by atoms with E-state index in [4.69, 9.17) is 11.1 Å². The third-order valence-corrected chi connectivity index (χ3v) is 0.588. The minimum absolute atomic E-state index is 0.338. The van der Waals surface area contributed by atoms with E-state index < -0.39 is 0 Å². The van der Waals surface area contributed by atoms with Crippen LogP contribution in [-0.2, 0) is 0 Å². The molecule has 0 aliphatic carbocycles. The van der Waals surface area contributed by atoms with Gasteiger partial charge in [0.15, 0.2) is 0 Å². The molecule has 0 bridgehead atoms. The van der Waals surface area contributed by atoms with Crippen LogP contribution in [0.15, 0.2) is 12.2 Å². The van der Waals surface area contributed by atoms with Crippen LogP contribution in [0.4, 0.5) is 0 Å². The molecule has 0 unspecified atom stereocenters. The van der Waals surface area contributed by atoms with E-state index in [1.807, 2.05) is 6.92 Å². The largest absolute Gasteiger partial charge is 0.325 e. The molecule has 0 rings (SSSR count). The van der Waals surface area contributed by atoms with Crippen LogP contribution in [0.25, 0.3) is 0 Å². The summed E-state index contributed by atoms with van der Waals surface area (Å²) >= 11 is 0. The van der Waals surface area contributed by atoms with Crippen LogP contribution >= 0.6 is 0 Å². The van der Waals surface area contributed by atoms with Crippen LogP contribution in [0, 0.1) is 5.41 Å². The van der Waals surface area contributed by atoms with Gasteiger partial charge < -0.3 is 11.1 Å². The summed E-state index contributed by atoms with van der Waals surface area (Å²) < 4.78 is 0. The Kier molecular flexibility index (Phi) is 3.24. The second kappa shape index (κ2) is 3.56. The second-order valence-electron chi connectivity index (χ2n) is 1.23. The van der Waals surface area contributed by atoms with Crippen molar-refractivity contribution in [2.45, 2.75) is 6.92 Å². The molecule has 0 aromatic carbocycles. The normalized spacial score (nSPS) is 10.0. The van der Waals surface area contributed by atoms with Gasteiger partial charge in [0.25, 0.3) is 0 Å². The maximum Gasteiger partial charge on any atom is 0.0446 e. The number of rotatable bonds is 2. The maximum absolute atomic E-state index is 6.93. The topological polar surface area (TPSA) is 49.9 Å². The smallest absolute Gasteiger partial charge is 0.0446 e. The van der Waals surface area contributed by atoms with Crippen molar-refractivity contribution in [1.82, 2.24) is 0 Å². The zero-order valence-corrected chi connectivity index (χ0v) is 4.44. The molecule has 0 spiro atoms. The molecule has 0 atom stereocenters. The molecule has 0 radical (unpaired) electrons. The Morgan fingerprint density at radius 2 is 2.43 bits per heavy atom. The third-order valence-electron chi connectivity index (χ3n) is 0.588. The van der Waals surface area contributed by atoms with Gasteiger partial charge in [-0.3, -0.25) is 0 Å². The van der Waals surface area contributed by atoms with Crippen molar-refractivity contribution in [3.8, 4) is 0 Å². The molecule has 40 valence electrons. The first-order valence-corrected chi connectivity index (χ1v) is 2.21. The van der Waals surface area contributed by atoms with Crippen molar-refractivity contribution in [3.63, 3.8) is 0 Å². The lowest BCUT2D eigenvalue weighted by atomic mass is 10.3. The summed E-state index contributed by atoms with van der Waals surface area (Å²) in [4.78, 5) is 0.